The lowest BCUT2D eigenvalue weighted by molar-refractivity contribution is -0.386. The zero-order valence-electron chi connectivity index (χ0n) is 19.3. The van der Waals surface area contributed by atoms with Gasteiger partial charge in [0.05, 0.1) is 25.2 Å². The number of carbonyl (C=O) groups is 4. The summed E-state index contributed by atoms with van der Waals surface area (Å²) in [5.41, 5.74) is -0.679. The number of hydrogen-bond donors (Lipinski definition) is 2. The van der Waals surface area contributed by atoms with Crippen LogP contribution in [0.3, 0.4) is 0 Å². The summed E-state index contributed by atoms with van der Waals surface area (Å²) in [5, 5.41) is 23.2. The molecule has 0 saturated carbocycles. The number of ether oxygens (including phenoxy) is 3. The SMILES string of the molecule is CCOc1cc(/C=C2\NC(=O)N(Cc3ccc(C(=O)OC)o3)C2=O)cc([N+](=O)[O-])c1O[C@@H](C)C(=O)O. The van der Waals surface area contributed by atoms with Crippen LogP contribution < -0.4 is 14.8 Å². The van der Waals surface area contributed by atoms with Gasteiger partial charge < -0.3 is 29.1 Å². The second-order valence-corrected chi connectivity index (χ2v) is 7.29. The van der Waals surface area contributed by atoms with E-state index in [1.807, 2.05) is 0 Å². The van der Waals surface area contributed by atoms with Crippen molar-refractivity contribution in [1.82, 2.24) is 10.2 Å². The minimum absolute atomic E-state index is 0.0785. The molecule has 0 bridgehead atoms. The molecule has 0 spiro atoms. The number of furan rings is 1. The number of nitrogens with zero attached hydrogens (tertiary/aromatic N) is 2. The Labute approximate surface area is 203 Å². The molecule has 2 N–H and O–H groups in total. The van der Waals surface area contributed by atoms with Crippen molar-refractivity contribution in [3.63, 3.8) is 0 Å². The average Bonchev–Trinajstić information content (AvgIpc) is 3.40. The molecule has 0 radical (unpaired) electrons. The Morgan fingerprint density at radius 3 is 2.64 bits per heavy atom. The molecule has 14 heteroatoms. The number of carboxylic acid groups (broad SMARTS) is 1. The Hall–Kier alpha value is -4.88. The van der Waals surface area contributed by atoms with E-state index in [2.05, 4.69) is 10.1 Å². The summed E-state index contributed by atoms with van der Waals surface area (Å²) in [7, 11) is 1.17. The summed E-state index contributed by atoms with van der Waals surface area (Å²) >= 11 is 0. The Balaban J connectivity index is 1.92. The molecular formula is C22H21N3O11. The first-order valence-corrected chi connectivity index (χ1v) is 10.4. The number of carbonyl (C=O) groups excluding carboxylic acids is 3. The molecule has 1 aliphatic rings. The van der Waals surface area contributed by atoms with Crippen molar-refractivity contribution >= 4 is 35.6 Å². The van der Waals surface area contributed by atoms with E-state index in [4.69, 9.17) is 19.0 Å². The molecule has 1 saturated heterocycles. The molecule has 14 nitrogen and oxygen atoms in total. The molecule has 2 aromatic rings. The van der Waals surface area contributed by atoms with Gasteiger partial charge in [-0.05, 0) is 43.7 Å². The molecular weight excluding hydrogens is 482 g/mol. The Bertz CT molecular complexity index is 1260. The standard InChI is InChI=1S/C22H21N3O11/c1-4-34-17-9-12(8-15(25(31)32)18(17)35-11(2)20(27)28)7-14-19(26)24(22(30)23-14)10-13-5-6-16(36-13)21(29)33-3/h5-9,11H,4,10H2,1-3H3,(H,23,30)(H,27,28)/b14-7-/t11-/m0/s1. The van der Waals surface area contributed by atoms with Gasteiger partial charge in [-0.1, -0.05) is 0 Å². The van der Waals surface area contributed by atoms with Crippen molar-refractivity contribution in [2.24, 2.45) is 0 Å². The van der Waals surface area contributed by atoms with Crippen LogP contribution in [0.2, 0.25) is 0 Å². The van der Waals surface area contributed by atoms with Crippen LogP contribution in [0.5, 0.6) is 11.5 Å². The van der Waals surface area contributed by atoms with E-state index in [-0.39, 0.29) is 47.4 Å². The first kappa shape index (κ1) is 25.7. The highest BCUT2D eigenvalue weighted by atomic mass is 16.6. The Morgan fingerprint density at radius 1 is 1.31 bits per heavy atom. The lowest BCUT2D eigenvalue weighted by Gasteiger charge is -2.15. The number of esters is 1. The molecule has 1 aromatic carbocycles. The summed E-state index contributed by atoms with van der Waals surface area (Å²) in [6.07, 6.45) is -0.208. The topological polar surface area (TPSA) is 188 Å². The average molecular weight is 503 g/mol. The zero-order chi connectivity index (χ0) is 26.6. The molecule has 1 aromatic heterocycles. The predicted molar refractivity (Wildman–Crippen MR) is 119 cm³/mol. The molecule has 1 aliphatic heterocycles. The van der Waals surface area contributed by atoms with Crippen LogP contribution >= 0.6 is 0 Å². The van der Waals surface area contributed by atoms with Gasteiger partial charge in [-0.15, -0.1) is 0 Å². The number of carboxylic acids is 1. The molecule has 36 heavy (non-hydrogen) atoms. The van der Waals surface area contributed by atoms with Crippen LogP contribution in [0.1, 0.15) is 35.7 Å². The summed E-state index contributed by atoms with van der Waals surface area (Å²) in [6, 6.07) is 4.32. The molecule has 0 aliphatic carbocycles. The summed E-state index contributed by atoms with van der Waals surface area (Å²) in [5.74, 6) is -3.29. The fourth-order valence-electron chi connectivity index (χ4n) is 3.15. The van der Waals surface area contributed by atoms with E-state index in [0.717, 1.165) is 11.0 Å². The number of nitrogens with one attached hydrogen (secondary N) is 1. The molecule has 3 rings (SSSR count). The lowest BCUT2D eigenvalue weighted by Crippen LogP contribution is -2.30. The van der Waals surface area contributed by atoms with Crippen molar-refractivity contribution in [3.8, 4) is 11.5 Å². The van der Waals surface area contributed by atoms with Gasteiger partial charge in [-0.3, -0.25) is 19.8 Å². The van der Waals surface area contributed by atoms with E-state index >= 15 is 0 Å². The van der Waals surface area contributed by atoms with E-state index in [0.29, 0.717) is 0 Å². The minimum atomic E-state index is -1.40. The molecule has 3 amide bonds. The van der Waals surface area contributed by atoms with Gasteiger partial charge in [0, 0.05) is 6.07 Å². The van der Waals surface area contributed by atoms with Crippen molar-refractivity contribution < 1.29 is 47.8 Å². The summed E-state index contributed by atoms with van der Waals surface area (Å²) < 4.78 is 20.5. The van der Waals surface area contributed by atoms with Gasteiger partial charge in [0.25, 0.3) is 5.91 Å². The number of methoxy groups -OCH3 is 1. The monoisotopic (exact) mass is 503 g/mol. The number of nitro benzene ring substituents is 1. The van der Waals surface area contributed by atoms with Crippen LogP contribution in [0.15, 0.2) is 34.4 Å². The van der Waals surface area contributed by atoms with Gasteiger partial charge in [0.15, 0.2) is 11.9 Å². The minimum Gasteiger partial charge on any atom is -0.490 e. The zero-order valence-corrected chi connectivity index (χ0v) is 19.3. The van der Waals surface area contributed by atoms with E-state index in [1.165, 1.54) is 38.3 Å². The maximum Gasteiger partial charge on any atom is 0.373 e. The van der Waals surface area contributed by atoms with Crippen LogP contribution in [0, 0.1) is 10.1 Å². The first-order chi connectivity index (χ1) is 17.0. The van der Waals surface area contributed by atoms with Crippen LogP contribution in [0.25, 0.3) is 6.08 Å². The fourth-order valence-corrected chi connectivity index (χ4v) is 3.15. The third-order valence-corrected chi connectivity index (χ3v) is 4.83. The second-order valence-electron chi connectivity index (χ2n) is 7.29. The maximum absolute atomic E-state index is 12.8. The Kier molecular flexibility index (Phi) is 7.57. The number of rotatable bonds is 10. The number of imide groups is 1. The smallest absolute Gasteiger partial charge is 0.373 e. The fraction of sp³-hybridized carbons (Fsp3) is 0.273. The maximum atomic E-state index is 12.8. The largest absolute Gasteiger partial charge is 0.490 e. The van der Waals surface area contributed by atoms with Gasteiger partial charge in [0.1, 0.15) is 11.5 Å². The predicted octanol–water partition coefficient (Wildman–Crippen LogP) is 2.32. The highest BCUT2D eigenvalue weighted by Gasteiger charge is 2.35. The number of urea groups is 1. The highest BCUT2D eigenvalue weighted by molar-refractivity contribution is 6.13. The normalized spacial score (nSPS) is 15.0. The quantitative estimate of drug-likeness (QED) is 0.159. The number of nitro groups is 1. The number of aliphatic carboxylic acids is 1. The summed E-state index contributed by atoms with van der Waals surface area (Å²) in [6.45, 7) is 2.60. The molecule has 0 unspecified atom stereocenters. The van der Waals surface area contributed by atoms with Crippen LogP contribution in [0.4, 0.5) is 10.5 Å². The highest BCUT2D eigenvalue weighted by Crippen LogP contribution is 2.40. The van der Waals surface area contributed by atoms with E-state index in [1.54, 1.807) is 6.92 Å². The third kappa shape index (κ3) is 5.43. The third-order valence-electron chi connectivity index (χ3n) is 4.83. The van der Waals surface area contributed by atoms with Crippen LogP contribution in [-0.2, 0) is 20.9 Å². The number of benzene rings is 1. The number of hydrogen-bond acceptors (Lipinski definition) is 10. The van der Waals surface area contributed by atoms with Gasteiger partial charge >= 0.3 is 23.7 Å². The van der Waals surface area contributed by atoms with E-state index in [9.17, 15) is 29.3 Å². The van der Waals surface area contributed by atoms with Crippen molar-refractivity contribution in [2.75, 3.05) is 13.7 Å². The first-order valence-electron chi connectivity index (χ1n) is 10.4. The molecule has 2 heterocycles. The van der Waals surface area contributed by atoms with Gasteiger partial charge in [-0.2, -0.15) is 0 Å². The number of amides is 3. The van der Waals surface area contributed by atoms with Crippen molar-refractivity contribution in [2.45, 2.75) is 26.5 Å². The van der Waals surface area contributed by atoms with Gasteiger partial charge in [0.2, 0.25) is 11.5 Å². The lowest BCUT2D eigenvalue weighted by atomic mass is 10.1. The van der Waals surface area contributed by atoms with Crippen molar-refractivity contribution in [1.29, 1.82) is 0 Å². The molecule has 190 valence electrons. The van der Waals surface area contributed by atoms with Crippen LogP contribution in [-0.4, -0.2) is 58.6 Å². The van der Waals surface area contributed by atoms with E-state index < -0.39 is 40.6 Å². The Morgan fingerprint density at radius 2 is 2.03 bits per heavy atom. The van der Waals surface area contributed by atoms with Gasteiger partial charge in [-0.25, -0.2) is 14.4 Å². The summed E-state index contributed by atoms with van der Waals surface area (Å²) in [4.78, 5) is 59.6. The molecule has 1 fully saturated rings. The molecule has 1 atom stereocenters. The van der Waals surface area contributed by atoms with Crippen molar-refractivity contribution in [3.05, 3.63) is 57.2 Å². The second kappa shape index (κ2) is 10.6.